The van der Waals surface area contributed by atoms with Crippen molar-refractivity contribution in [2.45, 2.75) is 96.6 Å². The first-order valence-corrected chi connectivity index (χ1v) is 14.8. The number of aliphatic hydroxyl groups excluding tert-OH is 1. The van der Waals surface area contributed by atoms with Crippen LogP contribution in [-0.4, -0.2) is 57.1 Å². The molecule has 2 saturated carbocycles. The maximum atomic E-state index is 13.2. The van der Waals surface area contributed by atoms with Gasteiger partial charge >= 0.3 is 0 Å². The topological polar surface area (TPSA) is 103 Å². The van der Waals surface area contributed by atoms with Gasteiger partial charge in [0.25, 0.3) is 0 Å². The van der Waals surface area contributed by atoms with Gasteiger partial charge in [0.05, 0.1) is 25.2 Å². The zero-order valence-corrected chi connectivity index (χ0v) is 25.4. The third-order valence-corrected chi connectivity index (χ3v) is 9.04. The molecule has 3 atom stereocenters. The number of ether oxygens (including phenoxy) is 3. The number of aliphatic hydroxyl groups is 1. The van der Waals surface area contributed by atoms with Gasteiger partial charge < -0.3 is 30.4 Å². The number of benzene rings is 1. The summed E-state index contributed by atoms with van der Waals surface area (Å²) in [4.78, 5) is 13.2. The molecule has 0 unspecified atom stereocenters. The second-order valence-corrected chi connectivity index (χ2v) is 11.9. The summed E-state index contributed by atoms with van der Waals surface area (Å²) in [5, 5.41) is 14.0. The van der Waals surface area contributed by atoms with Crippen molar-refractivity contribution in [1.29, 1.82) is 0 Å². The van der Waals surface area contributed by atoms with E-state index in [1.165, 1.54) is 19.3 Å². The van der Waals surface area contributed by atoms with Crippen molar-refractivity contribution in [3.05, 3.63) is 23.8 Å². The van der Waals surface area contributed by atoms with Crippen LogP contribution in [0.25, 0.3) is 0 Å². The van der Waals surface area contributed by atoms with E-state index in [1.807, 2.05) is 12.1 Å². The van der Waals surface area contributed by atoms with Gasteiger partial charge in [0, 0.05) is 32.7 Å². The van der Waals surface area contributed by atoms with Gasteiger partial charge in [0.15, 0.2) is 11.5 Å². The van der Waals surface area contributed by atoms with Crippen LogP contribution in [0, 0.1) is 23.2 Å². The number of carbonyl (C=O) groups excluding carboxylic acids is 1. The standard InChI is InChI=1S/C31H52N2O5.ClH/c1-22(2)24(18-23-12-13-28(37-4)29(19-23)38-17-9-16-36-3)20-26(32)27(34)21-33-30(35)31(14-8-15-31)25-10-6-5-7-11-25;/h12-13,19,22,24-27,34H,5-11,14-18,20-21,32H2,1-4H3,(H,33,35);1H/t24-,26-,27-;/m0./s1. The van der Waals surface area contributed by atoms with Crippen LogP contribution >= 0.6 is 12.4 Å². The van der Waals surface area contributed by atoms with Gasteiger partial charge in [-0.15, -0.1) is 12.4 Å². The van der Waals surface area contributed by atoms with E-state index in [0.29, 0.717) is 37.2 Å². The van der Waals surface area contributed by atoms with Gasteiger partial charge in [-0.05, 0) is 74.0 Å². The molecule has 0 heterocycles. The number of rotatable bonds is 16. The van der Waals surface area contributed by atoms with Crippen LogP contribution in [0.5, 0.6) is 11.5 Å². The lowest BCUT2D eigenvalue weighted by Crippen LogP contribution is -2.53. The van der Waals surface area contributed by atoms with E-state index in [4.69, 9.17) is 19.9 Å². The van der Waals surface area contributed by atoms with Crippen molar-refractivity contribution < 1.29 is 24.1 Å². The van der Waals surface area contributed by atoms with E-state index in [1.54, 1.807) is 14.2 Å². The molecular formula is C31H53ClN2O5. The van der Waals surface area contributed by atoms with Gasteiger partial charge in [-0.1, -0.05) is 45.6 Å². The van der Waals surface area contributed by atoms with Crippen LogP contribution in [0.15, 0.2) is 18.2 Å². The predicted molar refractivity (Wildman–Crippen MR) is 159 cm³/mol. The SMILES string of the molecule is COCCCOc1cc(C[C@@H](C[C@H](N)[C@@H](O)CNC(=O)C2(C3CCCCC3)CCC2)C(C)C)ccc1OC.Cl. The molecular weight excluding hydrogens is 516 g/mol. The van der Waals surface area contributed by atoms with Gasteiger partial charge in [-0.25, -0.2) is 0 Å². The number of nitrogens with one attached hydrogen (secondary N) is 1. The fraction of sp³-hybridized carbons (Fsp3) is 0.774. The quantitative estimate of drug-likeness (QED) is 0.234. The van der Waals surface area contributed by atoms with Crippen LogP contribution < -0.4 is 20.5 Å². The largest absolute Gasteiger partial charge is 0.493 e. The number of methoxy groups -OCH3 is 2. The molecule has 2 aliphatic carbocycles. The third kappa shape index (κ3) is 9.24. The van der Waals surface area contributed by atoms with Crippen molar-refractivity contribution in [2.24, 2.45) is 28.9 Å². The molecule has 0 bridgehead atoms. The van der Waals surface area contributed by atoms with E-state index in [0.717, 1.165) is 56.3 Å². The van der Waals surface area contributed by atoms with E-state index in [9.17, 15) is 9.90 Å². The Morgan fingerprint density at radius 2 is 1.82 bits per heavy atom. The Hall–Kier alpha value is -1.54. The summed E-state index contributed by atoms with van der Waals surface area (Å²) < 4.78 is 16.6. The Kier molecular flexibility index (Phi) is 14.4. The van der Waals surface area contributed by atoms with Crippen LogP contribution in [0.2, 0.25) is 0 Å². The first-order chi connectivity index (χ1) is 18.3. The van der Waals surface area contributed by atoms with Gasteiger partial charge in [-0.3, -0.25) is 4.79 Å². The van der Waals surface area contributed by atoms with Gasteiger partial charge in [0.1, 0.15) is 0 Å². The molecule has 2 fully saturated rings. The lowest BCUT2D eigenvalue weighted by atomic mass is 9.57. The molecule has 39 heavy (non-hydrogen) atoms. The highest BCUT2D eigenvalue weighted by molar-refractivity contribution is 5.85. The molecule has 0 radical (unpaired) electrons. The summed E-state index contributed by atoms with van der Waals surface area (Å²) >= 11 is 0. The maximum absolute atomic E-state index is 13.2. The van der Waals surface area contributed by atoms with Crippen molar-refractivity contribution in [1.82, 2.24) is 5.32 Å². The summed E-state index contributed by atoms with van der Waals surface area (Å²) in [5.41, 5.74) is 7.45. The summed E-state index contributed by atoms with van der Waals surface area (Å²) in [6, 6.07) is 5.66. The molecule has 3 rings (SSSR count). The average molecular weight is 569 g/mol. The van der Waals surface area contributed by atoms with E-state index < -0.39 is 12.1 Å². The molecule has 1 aromatic rings. The van der Waals surface area contributed by atoms with Crippen molar-refractivity contribution in [3.8, 4) is 11.5 Å². The molecule has 2 aliphatic rings. The molecule has 8 heteroatoms. The fourth-order valence-electron chi connectivity index (χ4n) is 6.31. The first kappa shape index (κ1) is 33.7. The molecule has 0 saturated heterocycles. The van der Waals surface area contributed by atoms with Crippen molar-refractivity contribution in [3.63, 3.8) is 0 Å². The minimum Gasteiger partial charge on any atom is -0.493 e. The van der Waals surface area contributed by atoms with Gasteiger partial charge in [0.2, 0.25) is 5.91 Å². The second-order valence-electron chi connectivity index (χ2n) is 11.9. The predicted octanol–water partition coefficient (Wildman–Crippen LogP) is 5.29. The molecule has 4 N–H and O–H groups in total. The summed E-state index contributed by atoms with van der Waals surface area (Å²) in [5.74, 6) is 2.76. The lowest BCUT2D eigenvalue weighted by molar-refractivity contribution is -0.142. The Morgan fingerprint density at radius 3 is 2.41 bits per heavy atom. The summed E-state index contributed by atoms with van der Waals surface area (Å²) in [7, 11) is 3.33. The minimum absolute atomic E-state index is 0. The van der Waals surface area contributed by atoms with E-state index in [-0.39, 0.29) is 36.2 Å². The highest BCUT2D eigenvalue weighted by Crippen LogP contribution is 2.52. The third-order valence-electron chi connectivity index (χ3n) is 9.04. The molecule has 0 spiro atoms. The maximum Gasteiger partial charge on any atom is 0.226 e. The molecule has 0 aromatic heterocycles. The van der Waals surface area contributed by atoms with Crippen molar-refractivity contribution in [2.75, 3.05) is 34.0 Å². The van der Waals surface area contributed by atoms with Crippen LogP contribution in [0.3, 0.4) is 0 Å². The normalized spacial score (nSPS) is 19.4. The highest BCUT2D eigenvalue weighted by Gasteiger charge is 2.49. The molecule has 7 nitrogen and oxygen atoms in total. The monoisotopic (exact) mass is 568 g/mol. The van der Waals surface area contributed by atoms with Crippen LogP contribution in [0.4, 0.5) is 0 Å². The molecule has 224 valence electrons. The average Bonchev–Trinajstić information content (AvgIpc) is 2.89. The van der Waals surface area contributed by atoms with Crippen LogP contribution in [0.1, 0.15) is 83.6 Å². The van der Waals surface area contributed by atoms with Crippen LogP contribution in [-0.2, 0) is 16.0 Å². The fourth-order valence-corrected chi connectivity index (χ4v) is 6.31. The zero-order chi connectivity index (χ0) is 27.5. The number of nitrogens with two attached hydrogens (primary N) is 1. The summed E-state index contributed by atoms with van der Waals surface area (Å²) in [6.07, 6.45) is 10.7. The van der Waals surface area contributed by atoms with Gasteiger partial charge in [-0.2, -0.15) is 0 Å². The number of halogens is 1. The molecule has 1 amide bonds. The number of amides is 1. The summed E-state index contributed by atoms with van der Waals surface area (Å²) in [6.45, 7) is 5.83. The molecule has 1 aromatic carbocycles. The Bertz CT molecular complexity index is 857. The number of hydrogen-bond acceptors (Lipinski definition) is 6. The lowest BCUT2D eigenvalue weighted by Gasteiger charge is -2.48. The first-order valence-electron chi connectivity index (χ1n) is 14.8. The molecule has 0 aliphatic heterocycles. The number of hydrogen-bond donors (Lipinski definition) is 3. The minimum atomic E-state index is -0.765. The Morgan fingerprint density at radius 1 is 1.10 bits per heavy atom. The smallest absolute Gasteiger partial charge is 0.226 e. The number of carbonyl (C=O) groups is 1. The zero-order valence-electron chi connectivity index (χ0n) is 24.6. The Labute approximate surface area is 242 Å². The van der Waals surface area contributed by atoms with E-state index in [2.05, 4.69) is 25.2 Å². The van der Waals surface area contributed by atoms with E-state index >= 15 is 0 Å². The van der Waals surface area contributed by atoms with Crippen molar-refractivity contribution >= 4 is 18.3 Å². The highest BCUT2D eigenvalue weighted by atomic mass is 35.5. The second kappa shape index (κ2) is 16.7. The Balaban J connectivity index is 0.00000533.